The number of nitrogens with one attached hydrogen (secondary N) is 4. The van der Waals surface area contributed by atoms with Gasteiger partial charge in [-0.1, -0.05) is 50.2 Å². The number of ether oxygens (including phenoxy) is 1. The molecule has 3 atom stereocenters. The number of nitrogens with two attached hydrogens (primary N) is 2. The van der Waals surface area contributed by atoms with Crippen molar-refractivity contribution in [1.29, 1.82) is 5.41 Å². The monoisotopic (exact) mass is 580 g/mol. The molecule has 0 heterocycles. The second kappa shape index (κ2) is 15.8. The van der Waals surface area contributed by atoms with E-state index in [9.17, 15) is 14.4 Å². The molecular weight excluding hydrogens is 532 g/mol. The summed E-state index contributed by atoms with van der Waals surface area (Å²) in [6, 6.07) is 13.4. The second-order valence-electron chi connectivity index (χ2n) is 12.1. The Morgan fingerprint density at radius 3 is 1.90 bits per heavy atom. The highest BCUT2D eigenvalue weighted by molar-refractivity contribution is 5.93. The Labute approximate surface area is 249 Å². The fourth-order valence-corrected chi connectivity index (χ4v) is 4.44. The first-order valence-corrected chi connectivity index (χ1v) is 14.5. The number of hydrogen-bond acceptors (Lipinski definition) is 5. The van der Waals surface area contributed by atoms with Gasteiger partial charge in [0.25, 0.3) is 0 Å². The molecule has 0 aliphatic rings. The van der Waals surface area contributed by atoms with E-state index in [4.69, 9.17) is 21.6 Å². The van der Waals surface area contributed by atoms with Gasteiger partial charge < -0.3 is 32.2 Å². The highest BCUT2D eigenvalue weighted by atomic mass is 16.5. The lowest BCUT2D eigenvalue weighted by molar-refractivity contribution is -0.131. The molecule has 0 fully saturated rings. The number of benzene rings is 2. The fraction of sp³-hybridized carbons (Fsp3) is 0.500. The first-order chi connectivity index (χ1) is 19.6. The molecule has 0 aliphatic heterocycles. The molecule has 8 N–H and O–H groups in total. The van der Waals surface area contributed by atoms with E-state index in [1.165, 1.54) is 5.56 Å². The Bertz CT molecular complexity index is 1190. The highest BCUT2D eigenvalue weighted by Crippen LogP contribution is 2.21. The van der Waals surface area contributed by atoms with Gasteiger partial charge in [-0.25, -0.2) is 0 Å². The van der Waals surface area contributed by atoms with Crippen molar-refractivity contribution >= 4 is 23.7 Å². The molecule has 0 aliphatic carbocycles. The van der Waals surface area contributed by atoms with E-state index in [1.807, 2.05) is 69.3 Å². The van der Waals surface area contributed by atoms with E-state index in [-0.39, 0.29) is 30.3 Å². The quantitative estimate of drug-likeness (QED) is 0.107. The summed E-state index contributed by atoms with van der Waals surface area (Å²) >= 11 is 0. The van der Waals surface area contributed by atoms with Crippen LogP contribution >= 0.6 is 0 Å². The van der Waals surface area contributed by atoms with Gasteiger partial charge in [0.15, 0.2) is 5.96 Å². The van der Waals surface area contributed by atoms with Crippen LogP contribution in [0.3, 0.4) is 0 Å². The van der Waals surface area contributed by atoms with Gasteiger partial charge in [-0.3, -0.25) is 19.8 Å². The maximum atomic E-state index is 13.5. The van der Waals surface area contributed by atoms with Gasteiger partial charge in [-0.2, -0.15) is 0 Å². The van der Waals surface area contributed by atoms with Crippen LogP contribution in [0.25, 0.3) is 0 Å². The van der Waals surface area contributed by atoms with E-state index in [2.05, 4.69) is 29.8 Å². The maximum absolute atomic E-state index is 13.5. The molecule has 0 spiro atoms. The van der Waals surface area contributed by atoms with Crippen molar-refractivity contribution in [1.82, 2.24) is 16.0 Å². The van der Waals surface area contributed by atoms with Crippen LogP contribution in [0.4, 0.5) is 0 Å². The Balaban J connectivity index is 2.21. The van der Waals surface area contributed by atoms with Crippen molar-refractivity contribution in [2.75, 3.05) is 6.54 Å². The number of primary amides is 1. The lowest BCUT2D eigenvalue weighted by atomic mass is 9.95. The molecule has 42 heavy (non-hydrogen) atoms. The lowest BCUT2D eigenvalue weighted by Crippen LogP contribution is -2.54. The van der Waals surface area contributed by atoms with E-state index in [1.54, 1.807) is 6.92 Å². The molecule has 0 aromatic heterocycles. The molecule has 2 rings (SSSR count). The van der Waals surface area contributed by atoms with E-state index in [0.29, 0.717) is 24.6 Å². The van der Waals surface area contributed by atoms with Crippen molar-refractivity contribution in [2.45, 2.75) is 90.8 Å². The summed E-state index contributed by atoms with van der Waals surface area (Å²) in [5.74, 6) is -0.962. The van der Waals surface area contributed by atoms with Crippen molar-refractivity contribution in [3.8, 4) is 5.75 Å². The summed E-state index contributed by atoms with van der Waals surface area (Å²) < 4.78 is 5.90. The van der Waals surface area contributed by atoms with Gasteiger partial charge >= 0.3 is 0 Å². The van der Waals surface area contributed by atoms with Crippen molar-refractivity contribution in [3.05, 3.63) is 65.2 Å². The van der Waals surface area contributed by atoms with Gasteiger partial charge in [0.05, 0.1) is 5.92 Å². The predicted octanol–water partition coefficient (Wildman–Crippen LogP) is 3.13. The van der Waals surface area contributed by atoms with Crippen molar-refractivity contribution in [3.63, 3.8) is 0 Å². The average Bonchev–Trinajstić information content (AvgIpc) is 2.89. The summed E-state index contributed by atoms with van der Waals surface area (Å²) in [5.41, 5.74) is 13.4. The van der Waals surface area contributed by atoms with Crippen molar-refractivity contribution < 1.29 is 19.1 Å². The summed E-state index contributed by atoms with van der Waals surface area (Å²) in [5, 5.41) is 15.5. The molecule has 230 valence electrons. The average molecular weight is 581 g/mol. The van der Waals surface area contributed by atoms with Gasteiger partial charge in [0.2, 0.25) is 17.7 Å². The third-order valence-corrected chi connectivity index (χ3v) is 6.58. The molecule has 10 nitrogen and oxygen atoms in total. The normalized spacial score (nSPS) is 13.5. The van der Waals surface area contributed by atoms with Crippen molar-refractivity contribution in [2.24, 2.45) is 17.4 Å². The minimum absolute atomic E-state index is 0.181. The molecule has 10 heteroatoms. The Hall–Kier alpha value is -4.08. The minimum Gasteiger partial charge on any atom is -0.488 e. The van der Waals surface area contributed by atoms with Gasteiger partial charge in [-0.15, -0.1) is 0 Å². The molecule has 0 saturated carbocycles. The SMILES string of the molecule is CC(C)Cc1ccc(C(C)C(=O)NC(Cc2ccc(OC(C)(C)C)cc2)C(=O)NC(CCCNC(=N)N)C(N)=O)cc1. The third kappa shape index (κ3) is 12.2. The number of hydrogen-bond donors (Lipinski definition) is 6. The molecule has 2 aromatic carbocycles. The van der Waals surface area contributed by atoms with Crippen LogP contribution < -0.4 is 32.2 Å². The number of amides is 3. The summed E-state index contributed by atoms with van der Waals surface area (Å²) in [6.45, 7) is 12.3. The molecule has 3 amide bonds. The summed E-state index contributed by atoms with van der Waals surface area (Å²) in [6.07, 6.45) is 1.85. The van der Waals surface area contributed by atoms with Crippen LogP contribution in [0.5, 0.6) is 5.75 Å². The standard InChI is InChI=1S/C32H48N6O4/c1-20(2)18-22-9-13-24(14-10-22)21(3)29(40)38-27(19-23-11-15-25(16-12-23)42-32(4,5)6)30(41)37-26(28(33)39)8-7-17-36-31(34)35/h9-16,20-21,26-27H,7-8,17-19H2,1-6H3,(H2,33,39)(H,37,41)(H,38,40)(H4,34,35,36). The zero-order valence-corrected chi connectivity index (χ0v) is 25.8. The van der Waals surface area contributed by atoms with Crippen LogP contribution in [0, 0.1) is 11.3 Å². The van der Waals surface area contributed by atoms with E-state index in [0.717, 1.165) is 17.5 Å². The number of carbonyl (C=O) groups is 3. The number of guanidine groups is 1. The Morgan fingerprint density at radius 2 is 1.38 bits per heavy atom. The lowest BCUT2D eigenvalue weighted by Gasteiger charge is -2.24. The van der Waals surface area contributed by atoms with Crippen LogP contribution in [0.2, 0.25) is 0 Å². The van der Waals surface area contributed by atoms with Crippen LogP contribution in [0.1, 0.15) is 77.0 Å². The summed E-state index contributed by atoms with van der Waals surface area (Å²) in [4.78, 5) is 39.0. The fourth-order valence-electron chi connectivity index (χ4n) is 4.44. The second-order valence-corrected chi connectivity index (χ2v) is 12.1. The first kappa shape index (κ1) is 34.1. The van der Waals surface area contributed by atoms with Crippen LogP contribution in [-0.2, 0) is 27.2 Å². The molecule has 3 unspecified atom stereocenters. The highest BCUT2D eigenvalue weighted by Gasteiger charge is 2.28. The van der Waals surface area contributed by atoms with Gasteiger partial charge in [0.1, 0.15) is 23.4 Å². The Kier molecular flexibility index (Phi) is 12.8. The Morgan fingerprint density at radius 1 is 0.833 bits per heavy atom. The minimum atomic E-state index is -0.952. The van der Waals surface area contributed by atoms with Crippen LogP contribution in [-0.4, -0.2) is 47.9 Å². The topological polar surface area (TPSA) is 172 Å². The molecule has 0 saturated heterocycles. The zero-order valence-electron chi connectivity index (χ0n) is 25.8. The smallest absolute Gasteiger partial charge is 0.243 e. The third-order valence-electron chi connectivity index (χ3n) is 6.58. The number of carbonyl (C=O) groups excluding carboxylic acids is 3. The van der Waals surface area contributed by atoms with E-state index < -0.39 is 29.8 Å². The van der Waals surface area contributed by atoms with Gasteiger partial charge in [-0.05, 0) is 81.7 Å². The van der Waals surface area contributed by atoms with E-state index >= 15 is 0 Å². The van der Waals surface area contributed by atoms with Crippen LogP contribution in [0.15, 0.2) is 48.5 Å². The predicted molar refractivity (Wildman–Crippen MR) is 166 cm³/mol. The molecule has 0 radical (unpaired) electrons. The zero-order chi connectivity index (χ0) is 31.4. The summed E-state index contributed by atoms with van der Waals surface area (Å²) in [7, 11) is 0. The number of rotatable bonds is 15. The first-order valence-electron chi connectivity index (χ1n) is 14.5. The molecule has 2 aromatic rings. The molecular formula is C32H48N6O4. The van der Waals surface area contributed by atoms with Gasteiger partial charge in [0, 0.05) is 13.0 Å². The maximum Gasteiger partial charge on any atom is 0.243 e. The largest absolute Gasteiger partial charge is 0.488 e. The molecule has 0 bridgehead atoms.